The van der Waals surface area contributed by atoms with Gasteiger partial charge in [0.1, 0.15) is 0 Å². The number of benzene rings is 2. The zero-order chi connectivity index (χ0) is 18.8. The quantitative estimate of drug-likeness (QED) is 0.431. The van der Waals surface area contributed by atoms with Gasteiger partial charge in [0.2, 0.25) is 5.75 Å². The maximum Gasteiger partial charge on any atom is 0.416 e. The standard InChI is InChI=1S/C14H8Cl2F3N3O3/c15-9-3-7(13(23)12(5-9)22(24)25)6-20-21-11-4-8(14(17,18)19)1-2-10(11)16/h1-6,21,23H/b20-6+. The van der Waals surface area contributed by atoms with Gasteiger partial charge in [-0.05, 0) is 24.3 Å². The van der Waals surface area contributed by atoms with Gasteiger partial charge in [0.05, 0.1) is 27.4 Å². The number of hydrogen-bond donors (Lipinski definition) is 2. The summed E-state index contributed by atoms with van der Waals surface area (Å²) in [5, 5.41) is 24.2. The molecule has 0 atom stereocenters. The maximum absolute atomic E-state index is 12.7. The van der Waals surface area contributed by atoms with Gasteiger partial charge in [-0.25, -0.2) is 0 Å². The summed E-state index contributed by atoms with van der Waals surface area (Å²) in [5.74, 6) is -0.685. The van der Waals surface area contributed by atoms with Gasteiger partial charge in [-0.15, -0.1) is 0 Å². The summed E-state index contributed by atoms with van der Waals surface area (Å²) in [6.07, 6.45) is -3.60. The van der Waals surface area contributed by atoms with Crippen LogP contribution in [-0.4, -0.2) is 16.2 Å². The Balaban J connectivity index is 2.29. The van der Waals surface area contributed by atoms with Gasteiger partial charge >= 0.3 is 11.9 Å². The second-order valence-corrected chi connectivity index (χ2v) is 5.53. The fourth-order valence-electron chi connectivity index (χ4n) is 1.80. The van der Waals surface area contributed by atoms with Gasteiger partial charge < -0.3 is 5.11 Å². The van der Waals surface area contributed by atoms with Gasteiger partial charge in [-0.1, -0.05) is 23.2 Å². The Morgan fingerprint density at radius 1 is 1.24 bits per heavy atom. The molecule has 0 aromatic heterocycles. The zero-order valence-electron chi connectivity index (χ0n) is 12.0. The second kappa shape index (κ2) is 7.16. The van der Waals surface area contributed by atoms with Crippen LogP contribution >= 0.6 is 23.2 Å². The van der Waals surface area contributed by atoms with Crippen LogP contribution < -0.4 is 5.43 Å². The predicted octanol–water partition coefficient (Wildman–Crippen LogP) is 5.07. The number of hydrogen-bond acceptors (Lipinski definition) is 5. The van der Waals surface area contributed by atoms with E-state index in [0.29, 0.717) is 0 Å². The minimum Gasteiger partial charge on any atom is -0.502 e. The van der Waals surface area contributed by atoms with E-state index in [1.54, 1.807) is 0 Å². The molecule has 2 N–H and O–H groups in total. The highest BCUT2D eigenvalue weighted by Gasteiger charge is 2.30. The van der Waals surface area contributed by atoms with Crippen molar-refractivity contribution in [2.24, 2.45) is 5.10 Å². The molecule has 0 fully saturated rings. The first kappa shape index (κ1) is 18.8. The molecule has 0 unspecified atom stereocenters. The first-order valence-electron chi connectivity index (χ1n) is 6.42. The average molecular weight is 394 g/mol. The first-order valence-corrected chi connectivity index (χ1v) is 7.18. The van der Waals surface area contributed by atoms with Crippen molar-refractivity contribution in [1.29, 1.82) is 0 Å². The predicted molar refractivity (Wildman–Crippen MR) is 87.4 cm³/mol. The Morgan fingerprint density at radius 2 is 1.92 bits per heavy atom. The van der Waals surface area contributed by atoms with Crippen molar-refractivity contribution in [3.63, 3.8) is 0 Å². The third kappa shape index (κ3) is 4.52. The van der Waals surface area contributed by atoms with Crippen molar-refractivity contribution < 1.29 is 23.2 Å². The van der Waals surface area contributed by atoms with E-state index in [9.17, 15) is 28.4 Å². The van der Waals surface area contributed by atoms with Crippen molar-refractivity contribution in [2.75, 3.05) is 5.43 Å². The molecular weight excluding hydrogens is 386 g/mol. The molecule has 0 radical (unpaired) electrons. The highest BCUT2D eigenvalue weighted by molar-refractivity contribution is 6.33. The normalized spacial score (nSPS) is 11.7. The minimum atomic E-state index is -4.56. The second-order valence-electron chi connectivity index (χ2n) is 4.68. The Kier molecular flexibility index (Phi) is 5.39. The van der Waals surface area contributed by atoms with Gasteiger partial charge in [-0.3, -0.25) is 15.5 Å². The fraction of sp³-hybridized carbons (Fsp3) is 0.0714. The molecule has 0 saturated heterocycles. The number of alkyl halides is 3. The molecule has 0 saturated carbocycles. The minimum absolute atomic E-state index is 0.0218. The molecule has 0 aliphatic rings. The van der Waals surface area contributed by atoms with E-state index in [0.717, 1.165) is 30.5 Å². The van der Waals surface area contributed by atoms with Crippen molar-refractivity contribution in [1.82, 2.24) is 0 Å². The van der Waals surface area contributed by atoms with Gasteiger partial charge in [-0.2, -0.15) is 18.3 Å². The summed E-state index contributed by atoms with van der Waals surface area (Å²) in [6.45, 7) is 0. The lowest BCUT2D eigenvalue weighted by molar-refractivity contribution is -0.385. The fourth-order valence-corrected chi connectivity index (χ4v) is 2.18. The molecule has 25 heavy (non-hydrogen) atoms. The van der Waals surface area contributed by atoms with E-state index in [1.807, 2.05) is 0 Å². The summed E-state index contributed by atoms with van der Waals surface area (Å²) in [7, 11) is 0. The monoisotopic (exact) mass is 393 g/mol. The number of nitro groups is 1. The highest BCUT2D eigenvalue weighted by atomic mass is 35.5. The number of aromatic hydroxyl groups is 1. The lowest BCUT2D eigenvalue weighted by atomic mass is 10.2. The molecule has 0 aliphatic carbocycles. The van der Waals surface area contributed by atoms with E-state index >= 15 is 0 Å². The number of rotatable bonds is 4. The molecule has 0 amide bonds. The maximum atomic E-state index is 12.7. The van der Waals surface area contributed by atoms with Crippen LogP contribution in [0.25, 0.3) is 0 Å². The molecule has 2 aromatic carbocycles. The first-order chi connectivity index (χ1) is 11.6. The third-order valence-corrected chi connectivity index (χ3v) is 3.51. The number of nitrogens with zero attached hydrogens (tertiary/aromatic N) is 2. The molecule has 0 spiro atoms. The Bertz CT molecular complexity index is 857. The van der Waals surface area contributed by atoms with Gasteiger partial charge in [0.25, 0.3) is 0 Å². The van der Waals surface area contributed by atoms with Crippen LogP contribution in [0, 0.1) is 10.1 Å². The molecule has 0 bridgehead atoms. The van der Waals surface area contributed by atoms with Crippen LogP contribution in [0.5, 0.6) is 5.75 Å². The van der Waals surface area contributed by atoms with E-state index in [-0.39, 0.29) is 21.3 Å². The number of halogens is 5. The number of phenolic OH excluding ortho intramolecular Hbond substituents is 1. The number of nitrogens with one attached hydrogen (secondary N) is 1. The zero-order valence-corrected chi connectivity index (χ0v) is 13.5. The molecule has 11 heteroatoms. The number of nitro benzene ring substituents is 1. The van der Waals surface area contributed by atoms with Crippen molar-refractivity contribution in [3.05, 3.63) is 61.6 Å². The molecule has 2 rings (SSSR count). The lowest BCUT2D eigenvalue weighted by Crippen LogP contribution is -2.05. The summed E-state index contributed by atoms with van der Waals surface area (Å²) in [6, 6.07) is 4.75. The van der Waals surface area contributed by atoms with E-state index in [2.05, 4.69) is 10.5 Å². The van der Waals surface area contributed by atoms with E-state index in [1.165, 1.54) is 6.07 Å². The van der Waals surface area contributed by atoms with E-state index in [4.69, 9.17) is 23.2 Å². The van der Waals surface area contributed by atoms with Crippen LogP contribution in [0.1, 0.15) is 11.1 Å². The van der Waals surface area contributed by atoms with Crippen LogP contribution in [0.2, 0.25) is 10.0 Å². The van der Waals surface area contributed by atoms with Crippen LogP contribution in [-0.2, 0) is 6.18 Å². The summed E-state index contributed by atoms with van der Waals surface area (Å²) in [4.78, 5) is 9.96. The lowest BCUT2D eigenvalue weighted by Gasteiger charge is -2.09. The highest BCUT2D eigenvalue weighted by Crippen LogP contribution is 2.34. The van der Waals surface area contributed by atoms with Crippen molar-refractivity contribution >= 4 is 40.8 Å². The number of hydrazone groups is 1. The summed E-state index contributed by atoms with van der Waals surface area (Å²) >= 11 is 11.5. The summed E-state index contributed by atoms with van der Waals surface area (Å²) < 4.78 is 38.0. The molecule has 0 heterocycles. The molecule has 0 aliphatic heterocycles. The third-order valence-electron chi connectivity index (χ3n) is 2.96. The van der Waals surface area contributed by atoms with Crippen LogP contribution in [0.15, 0.2) is 35.4 Å². The van der Waals surface area contributed by atoms with E-state index < -0.39 is 28.1 Å². The van der Waals surface area contributed by atoms with Crippen molar-refractivity contribution in [2.45, 2.75) is 6.18 Å². The van der Waals surface area contributed by atoms with Crippen LogP contribution in [0.3, 0.4) is 0 Å². The molecule has 2 aromatic rings. The Hall–Kier alpha value is -2.52. The molecule has 132 valence electrons. The SMILES string of the molecule is O=[N+]([O-])c1cc(Cl)cc(/C=N/Nc2cc(C(F)(F)F)ccc2Cl)c1O. The summed E-state index contributed by atoms with van der Waals surface area (Å²) in [5.41, 5.74) is 0.478. The molecular formula is C14H8Cl2F3N3O3. The van der Waals surface area contributed by atoms with Gasteiger partial charge in [0, 0.05) is 16.7 Å². The van der Waals surface area contributed by atoms with Gasteiger partial charge in [0.15, 0.2) is 0 Å². The largest absolute Gasteiger partial charge is 0.502 e. The number of anilines is 1. The smallest absolute Gasteiger partial charge is 0.416 e. The van der Waals surface area contributed by atoms with Crippen LogP contribution in [0.4, 0.5) is 24.5 Å². The Morgan fingerprint density at radius 3 is 2.52 bits per heavy atom. The average Bonchev–Trinajstić information content (AvgIpc) is 2.50. The molecule has 6 nitrogen and oxygen atoms in total. The Labute approximate surface area is 148 Å². The topological polar surface area (TPSA) is 87.8 Å². The number of phenols is 1. The van der Waals surface area contributed by atoms with Crippen molar-refractivity contribution in [3.8, 4) is 5.75 Å².